The van der Waals surface area contributed by atoms with Crippen LogP contribution in [0.2, 0.25) is 5.02 Å². The number of aryl methyl sites for hydroxylation is 1. The van der Waals surface area contributed by atoms with E-state index in [9.17, 15) is 5.26 Å². The lowest BCUT2D eigenvalue weighted by molar-refractivity contribution is -0.188. The van der Waals surface area contributed by atoms with Crippen LogP contribution < -0.4 is 9.47 Å². The van der Waals surface area contributed by atoms with Crippen molar-refractivity contribution in [2.75, 3.05) is 13.7 Å². The molecule has 2 aromatic carbocycles. The molecular formula is C27H28ClN3O2. The fourth-order valence-electron chi connectivity index (χ4n) is 6.80. The molecule has 0 N–H and O–H groups in total. The second-order valence-electron chi connectivity index (χ2n) is 9.71. The van der Waals surface area contributed by atoms with Crippen molar-refractivity contribution >= 4 is 22.5 Å². The summed E-state index contributed by atoms with van der Waals surface area (Å²) in [5.74, 6) is 1.64. The number of benzene rings is 2. The van der Waals surface area contributed by atoms with Crippen molar-refractivity contribution in [2.45, 2.75) is 56.8 Å². The number of rotatable bonds is 7. The van der Waals surface area contributed by atoms with Crippen molar-refractivity contribution in [3.05, 3.63) is 59.2 Å². The summed E-state index contributed by atoms with van der Waals surface area (Å²) in [5.41, 5.74) is 2.19. The Labute approximate surface area is 199 Å². The highest BCUT2D eigenvalue weighted by Gasteiger charge is 2.69. The summed E-state index contributed by atoms with van der Waals surface area (Å²) in [6, 6.07) is 17.4. The Morgan fingerprint density at radius 1 is 1.12 bits per heavy atom. The first-order valence-electron chi connectivity index (χ1n) is 11.9. The predicted molar refractivity (Wildman–Crippen MR) is 129 cm³/mol. The van der Waals surface area contributed by atoms with Gasteiger partial charge < -0.3 is 14.0 Å². The summed E-state index contributed by atoms with van der Waals surface area (Å²) in [7, 11) is 1.69. The van der Waals surface area contributed by atoms with E-state index in [0.29, 0.717) is 28.1 Å². The molecule has 2 saturated carbocycles. The van der Waals surface area contributed by atoms with Crippen molar-refractivity contribution in [3.63, 3.8) is 0 Å². The summed E-state index contributed by atoms with van der Waals surface area (Å²) in [4.78, 5) is 2.72. The van der Waals surface area contributed by atoms with Gasteiger partial charge in [-0.2, -0.15) is 5.26 Å². The normalized spacial score (nSPS) is 27.8. The lowest BCUT2D eigenvalue weighted by Crippen LogP contribution is -2.74. The molecule has 0 bridgehead atoms. The van der Waals surface area contributed by atoms with Crippen molar-refractivity contribution in [1.82, 2.24) is 9.47 Å². The molecule has 0 radical (unpaired) electrons. The number of likely N-dealkylation sites (tertiary alicyclic amines) is 1. The number of piperidine rings is 1. The highest BCUT2D eigenvalue weighted by Crippen LogP contribution is 2.65. The number of fused-ring (bicyclic) bond motifs is 1. The van der Waals surface area contributed by atoms with E-state index in [2.05, 4.69) is 15.5 Å². The summed E-state index contributed by atoms with van der Waals surface area (Å²) >= 11 is 6.33. The minimum absolute atomic E-state index is 0.249. The smallest absolute Gasteiger partial charge is 0.143 e. The zero-order valence-corrected chi connectivity index (χ0v) is 19.6. The summed E-state index contributed by atoms with van der Waals surface area (Å²) in [5, 5.41) is 11.2. The van der Waals surface area contributed by atoms with E-state index in [-0.39, 0.29) is 6.10 Å². The van der Waals surface area contributed by atoms with E-state index >= 15 is 0 Å². The van der Waals surface area contributed by atoms with Gasteiger partial charge >= 0.3 is 0 Å². The first kappa shape index (κ1) is 20.9. The first-order chi connectivity index (χ1) is 16.1. The van der Waals surface area contributed by atoms with Crippen molar-refractivity contribution in [3.8, 4) is 17.6 Å². The maximum Gasteiger partial charge on any atom is 0.143 e. The first-order valence-corrected chi connectivity index (χ1v) is 12.3. The number of aromatic nitrogens is 1. The SMILES string of the molecule is COc1cccc2c(C#N)cn(CCCN3C4CCC45CC(Oc4ccccc4Cl)CC35)c12. The molecule has 1 aromatic heterocycles. The van der Waals surface area contributed by atoms with Crippen LogP contribution in [0, 0.1) is 16.7 Å². The van der Waals surface area contributed by atoms with Gasteiger partial charge in [-0.25, -0.2) is 0 Å². The van der Waals surface area contributed by atoms with Gasteiger partial charge in [-0.3, -0.25) is 4.90 Å². The third-order valence-electron chi connectivity index (χ3n) is 8.25. The van der Waals surface area contributed by atoms with Crippen LogP contribution in [0.25, 0.3) is 10.9 Å². The highest BCUT2D eigenvalue weighted by atomic mass is 35.5. The van der Waals surface area contributed by atoms with Crippen LogP contribution in [-0.4, -0.2) is 41.3 Å². The number of nitrogens with zero attached hydrogens (tertiary/aromatic N) is 3. The number of nitriles is 1. The fraction of sp³-hybridized carbons (Fsp3) is 0.444. The lowest BCUT2D eigenvalue weighted by atomic mass is 9.53. The average Bonchev–Trinajstić information content (AvgIpc) is 3.37. The van der Waals surface area contributed by atoms with E-state index in [4.69, 9.17) is 21.1 Å². The summed E-state index contributed by atoms with van der Waals surface area (Å²) in [6.45, 7) is 1.95. The molecule has 6 rings (SSSR count). The lowest BCUT2D eigenvalue weighted by Gasteiger charge is -2.68. The molecular weight excluding hydrogens is 434 g/mol. The molecule has 170 valence electrons. The van der Waals surface area contributed by atoms with Gasteiger partial charge in [0.05, 0.1) is 23.2 Å². The average molecular weight is 462 g/mol. The predicted octanol–water partition coefficient (Wildman–Crippen LogP) is 5.64. The van der Waals surface area contributed by atoms with Crippen LogP contribution in [0.15, 0.2) is 48.7 Å². The highest BCUT2D eigenvalue weighted by molar-refractivity contribution is 6.32. The van der Waals surface area contributed by atoms with Gasteiger partial charge in [0.2, 0.25) is 0 Å². The number of hydrogen-bond acceptors (Lipinski definition) is 4. The number of ether oxygens (including phenoxy) is 2. The van der Waals surface area contributed by atoms with Gasteiger partial charge in [0.25, 0.3) is 0 Å². The fourth-order valence-corrected chi connectivity index (χ4v) is 6.98. The van der Waals surface area contributed by atoms with Gasteiger partial charge in [-0.05, 0) is 43.9 Å². The molecule has 3 fully saturated rings. The molecule has 1 aliphatic heterocycles. The molecule has 33 heavy (non-hydrogen) atoms. The molecule has 2 heterocycles. The second-order valence-corrected chi connectivity index (χ2v) is 10.1. The minimum atomic E-state index is 0.249. The minimum Gasteiger partial charge on any atom is -0.495 e. The van der Waals surface area contributed by atoms with Crippen molar-refractivity contribution in [2.24, 2.45) is 5.41 Å². The summed E-state index contributed by atoms with van der Waals surface area (Å²) in [6.07, 6.45) is 8.13. The largest absolute Gasteiger partial charge is 0.495 e. The van der Waals surface area contributed by atoms with Crippen LogP contribution in [0.3, 0.4) is 0 Å². The monoisotopic (exact) mass is 461 g/mol. The quantitative estimate of drug-likeness (QED) is 0.457. The maximum atomic E-state index is 9.56. The molecule has 3 aliphatic rings. The Balaban J connectivity index is 1.13. The number of para-hydroxylation sites is 2. The molecule has 6 heteroatoms. The van der Waals surface area contributed by atoms with E-state index in [0.717, 1.165) is 54.8 Å². The summed E-state index contributed by atoms with van der Waals surface area (Å²) < 4.78 is 14.1. The number of hydrogen-bond donors (Lipinski definition) is 0. The molecule has 4 unspecified atom stereocenters. The van der Waals surface area contributed by atoms with E-state index in [1.807, 2.05) is 48.7 Å². The van der Waals surface area contributed by atoms with Crippen molar-refractivity contribution < 1.29 is 9.47 Å². The third-order valence-corrected chi connectivity index (χ3v) is 8.56. The molecule has 2 aliphatic carbocycles. The molecule has 1 saturated heterocycles. The standard InChI is InChI=1S/C27H28ClN3O2/c1-32-23-9-4-6-20-18(16-29)17-30(26(20)23)12-5-13-31-24-10-11-27(24)15-19(14-25(27)31)33-22-8-3-2-7-21(22)28/h2-4,6-9,17,19,24-25H,5,10-15H2,1H3. The van der Waals surface area contributed by atoms with Crippen LogP contribution in [0.5, 0.6) is 11.5 Å². The second kappa shape index (κ2) is 7.97. The van der Waals surface area contributed by atoms with E-state index in [1.54, 1.807) is 7.11 Å². The van der Waals surface area contributed by atoms with E-state index < -0.39 is 0 Å². The van der Waals surface area contributed by atoms with Crippen LogP contribution in [-0.2, 0) is 6.54 Å². The Bertz CT molecular complexity index is 1250. The molecule has 5 nitrogen and oxygen atoms in total. The van der Waals surface area contributed by atoms with Crippen molar-refractivity contribution in [1.29, 1.82) is 5.26 Å². The zero-order chi connectivity index (χ0) is 22.6. The Kier molecular flexibility index (Phi) is 5.05. The Morgan fingerprint density at radius 2 is 1.97 bits per heavy atom. The molecule has 3 aromatic rings. The van der Waals surface area contributed by atoms with Gasteiger partial charge in [-0.1, -0.05) is 35.9 Å². The zero-order valence-electron chi connectivity index (χ0n) is 18.8. The van der Waals surface area contributed by atoms with Crippen LogP contribution >= 0.6 is 11.6 Å². The maximum absolute atomic E-state index is 9.56. The number of halogens is 1. The molecule has 4 atom stereocenters. The number of methoxy groups -OCH3 is 1. The Morgan fingerprint density at radius 3 is 2.73 bits per heavy atom. The van der Waals surface area contributed by atoms with Crippen LogP contribution in [0.4, 0.5) is 0 Å². The molecule has 1 spiro atoms. The Hall–Kier alpha value is -2.68. The van der Waals surface area contributed by atoms with E-state index in [1.165, 1.54) is 12.8 Å². The van der Waals surface area contributed by atoms with Gasteiger partial charge in [0, 0.05) is 48.6 Å². The topological polar surface area (TPSA) is 50.4 Å². The van der Waals surface area contributed by atoms with Gasteiger partial charge in [0.1, 0.15) is 23.7 Å². The van der Waals surface area contributed by atoms with Gasteiger partial charge in [-0.15, -0.1) is 0 Å². The third kappa shape index (κ3) is 3.15. The molecule has 0 amide bonds. The van der Waals surface area contributed by atoms with Gasteiger partial charge in [0.15, 0.2) is 0 Å². The van der Waals surface area contributed by atoms with Crippen LogP contribution in [0.1, 0.15) is 37.7 Å².